The van der Waals surface area contributed by atoms with Gasteiger partial charge in [0.1, 0.15) is 6.54 Å². The van der Waals surface area contributed by atoms with Crippen LogP contribution in [-0.2, 0) is 11.3 Å². The van der Waals surface area contributed by atoms with E-state index in [2.05, 4.69) is 15.5 Å². The molecule has 1 amide bonds. The van der Waals surface area contributed by atoms with Crippen molar-refractivity contribution >= 4 is 18.1 Å². The Bertz CT molecular complexity index is 844. The predicted octanol–water partition coefficient (Wildman–Crippen LogP) is 2.97. The maximum atomic E-state index is 12.5. The van der Waals surface area contributed by atoms with Crippen molar-refractivity contribution in [3.63, 3.8) is 0 Å². The Labute approximate surface area is 158 Å². The van der Waals surface area contributed by atoms with Crippen LogP contribution in [0.2, 0.25) is 0 Å². The first-order chi connectivity index (χ1) is 12.4. The summed E-state index contributed by atoms with van der Waals surface area (Å²) in [5.41, 5.74) is 1.77. The lowest BCUT2D eigenvalue weighted by Gasteiger charge is -2.38. The van der Waals surface area contributed by atoms with Crippen LogP contribution in [0.25, 0.3) is 11.4 Å². The van der Waals surface area contributed by atoms with Crippen molar-refractivity contribution in [3.05, 3.63) is 34.6 Å². The molecule has 140 valence electrons. The van der Waals surface area contributed by atoms with Gasteiger partial charge in [-0.15, -0.1) is 0 Å². The Kier molecular flexibility index (Phi) is 5.58. The largest absolute Gasteiger partial charge is 0.392 e. The normalized spacial score (nSPS) is 23.0. The third-order valence-corrected chi connectivity index (χ3v) is 5.62. The maximum Gasteiger partial charge on any atom is 0.240 e. The van der Waals surface area contributed by atoms with Gasteiger partial charge >= 0.3 is 0 Å². The topological polar surface area (TPSA) is 82.9 Å². The van der Waals surface area contributed by atoms with E-state index in [1.807, 2.05) is 38.1 Å². The van der Waals surface area contributed by atoms with Gasteiger partial charge in [-0.3, -0.25) is 14.5 Å². The lowest BCUT2D eigenvalue weighted by Crippen LogP contribution is -2.45. The van der Waals surface area contributed by atoms with Crippen molar-refractivity contribution in [1.29, 1.82) is 0 Å². The highest BCUT2D eigenvalue weighted by Gasteiger charge is 2.35. The van der Waals surface area contributed by atoms with E-state index < -0.39 is 0 Å². The highest BCUT2D eigenvalue weighted by Crippen LogP contribution is 2.35. The molecule has 1 saturated carbocycles. The maximum absolute atomic E-state index is 12.5. The summed E-state index contributed by atoms with van der Waals surface area (Å²) in [6.07, 6.45) is 3.50. The van der Waals surface area contributed by atoms with Crippen molar-refractivity contribution in [2.75, 3.05) is 6.54 Å². The molecule has 0 radical (unpaired) electrons. The molecule has 1 aliphatic rings. The Morgan fingerprint density at radius 2 is 2.31 bits per heavy atom. The number of nitrogens with zero attached hydrogens (tertiary/aromatic N) is 2. The number of carbonyl (C=O) groups is 1. The number of hydrogen-bond acceptors (Lipinski definition) is 4. The van der Waals surface area contributed by atoms with Gasteiger partial charge in [0.25, 0.3) is 0 Å². The fourth-order valence-corrected chi connectivity index (χ4v) is 3.75. The summed E-state index contributed by atoms with van der Waals surface area (Å²) in [5, 5.41) is 20.3. The number of carbonyl (C=O) groups excluding carboxylic acids is 1. The summed E-state index contributed by atoms with van der Waals surface area (Å²) in [6.45, 7) is 4.62. The zero-order valence-corrected chi connectivity index (χ0v) is 16.1. The number of benzene rings is 1. The summed E-state index contributed by atoms with van der Waals surface area (Å²) in [4.78, 5) is 12.5. The van der Waals surface area contributed by atoms with E-state index in [0.717, 1.165) is 36.8 Å². The van der Waals surface area contributed by atoms with Gasteiger partial charge < -0.3 is 10.4 Å². The second-order valence-corrected chi connectivity index (χ2v) is 7.89. The molecule has 7 heteroatoms. The van der Waals surface area contributed by atoms with E-state index in [1.165, 1.54) is 0 Å². The second-order valence-electron chi connectivity index (χ2n) is 7.50. The first kappa shape index (κ1) is 18.8. The van der Waals surface area contributed by atoms with E-state index in [-0.39, 0.29) is 24.0 Å². The fraction of sp³-hybridized carbons (Fsp3) is 0.526. The summed E-state index contributed by atoms with van der Waals surface area (Å²) in [6, 6.07) is 7.93. The molecule has 2 aromatic rings. The van der Waals surface area contributed by atoms with E-state index in [1.54, 1.807) is 4.57 Å². The van der Waals surface area contributed by atoms with E-state index >= 15 is 0 Å². The van der Waals surface area contributed by atoms with Crippen LogP contribution < -0.4 is 5.32 Å². The molecule has 2 atom stereocenters. The Hall–Kier alpha value is -1.99. The molecule has 0 spiro atoms. The fourth-order valence-electron chi connectivity index (χ4n) is 3.56. The summed E-state index contributed by atoms with van der Waals surface area (Å²) in [7, 11) is 0. The van der Waals surface area contributed by atoms with Gasteiger partial charge in [0.05, 0.1) is 6.10 Å². The van der Waals surface area contributed by atoms with Crippen LogP contribution in [0.1, 0.15) is 38.2 Å². The number of H-pyrrole nitrogens is 1. The van der Waals surface area contributed by atoms with Crippen molar-refractivity contribution in [1.82, 2.24) is 20.1 Å². The molecule has 0 aliphatic heterocycles. The molecule has 26 heavy (non-hydrogen) atoms. The van der Waals surface area contributed by atoms with Crippen molar-refractivity contribution in [2.45, 2.75) is 52.2 Å². The van der Waals surface area contributed by atoms with Gasteiger partial charge in [-0.25, -0.2) is 0 Å². The van der Waals surface area contributed by atoms with Crippen LogP contribution in [0, 0.1) is 17.1 Å². The summed E-state index contributed by atoms with van der Waals surface area (Å²) < 4.78 is 2.12. The van der Waals surface area contributed by atoms with E-state index in [0.29, 0.717) is 17.1 Å². The zero-order chi connectivity index (χ0) is 18.7. The van der Waals surface area contributed by atoms with E-state index in [4.69, 9.17) is 12.2 Å². The monoisotopic (exact) mass is 374 g/mol. The molecular weight excluding hydrogens is 348 g/mol. The van der Waals surface area contributed by atoms with Gasteiger partial charge in [0.2, 0.25) is 5.91 Å². The van der Waals surface area contributed by atoms with Crippen LogP contribution in [0.3, 0.4) is 0 Å². The molecule has 1 aromatic heterocycles. The van der Waals surface area contributed by atoms with Crippen LogP contribution in [-0.4, -0.2) is 38.4 Å². The average molecular weight is 375 g/mol. The Balaban J connectivity index is 1.70. The number of aryl methyl sites for hydroxylation is 1. The van der Waals surface area contributed by atoms with Crippen LogP contribution in [0.15, 0.2) is 24.3 Å². The van der Waals surface area contributed by atoms with Crippen molar-refractivity contribution in [2.24, 2.45) is 5.41 Å². The standard InChI is InChI=1S/C19H26N4O2S/c1-13-6-5-7-14(10-13)17-21-22-18(26)23(17)11-16(25)20-12-19(2)9-4-3-8-15(19)24/h5-7,10,15,24H,3-4,8-9,11-12H2,1-2H3,(H,20,25)(H,22,26). The van der Waals surface area contributed by atoms with Crippen LogP contribution >= 0.6 is 12.2 Å². The number of aliphatic hydroxyl groups is 1. The van der Waals surface area contributed by atoms with Crippen LogP contribution in [0.4, 0.5) is 0 Å². The zero-order valence-electron chi connectivity index (χ0n) is 15.3. The first-order valence-electron chi connectivity index (χ1n) is 9.06. The van der Waals surface area contributed by atoms with Crippen LogP contribution in [0.5, 0.6) is 0 Å². The average Bonchev–Trinajstić information content (AvgIpc) is 2.97. The molecule has 2 unspecified atom stereocenters. The third-order valence-electron chi connectivity index (χ3n) is 5.31. The second kappa shape index (κ2) is 7.72. The van der Waals surface area contributed by atoms with Crippen molar-refractivity contribution < 1.29 is 9.90 Å². The summed E-state index contributed by atoms with van der Waals surface area (Å²) >= 11 is 5.30. The van der Waals surface area contributed by atoms with Gasteiger partial charge in [-0.1, -0.05) is 43.5 Å². The number of aliphatic hydroxyl groups excluding tert-OH is 1. The molecule has 0 bridgehead atoms. The molecule has 6 nitrogen and oxygen atoms in total. The number of aromatic amines is 1. The molecular formula is C19H26N4O2S. The molecule has 3 rings (SSSR count). The minimum absolute atomic E-state index is 0.102. The highest BCUT2D eigenvalue weighted by atomic mass is 32.1. The van der Waals surface area contributed by atoms with E-state index in [9.17, 15) is 9.90 Å². The predicted molar refractivity (Wildman–Crippen MR) is 103 cm³/mol. The molecule has 1 aromatic carbocycles. The Morgan fingerprint density at radius 3 is 3.04 bits per heavy atom. The lowest BCUT2D eigenvalue weighted by molar-refractivity contribution is -0.122. The third kappa shape index (κ3) is 4.04. The molecule has 1 aliphatic carbocycles. The van der Waals surface area contributed by atoms with Gasteiger partial charge in [-0.05, 0) is 38.0 Å². The van der Waals surface area contributed by atoms with Gasteiger partial charge in [0, 0.05) is 17.5 Å². The quantitative estimate of drug-likeness (QED) is 0.703. The SMILES string of the molecule is Cc1cccc(-c2n[nH]c(=S)n2CC(=O)NCC2(C)CCCCC2O)c1. The van der Waals surface area contributed by atoms with Gasteiger partial charge in [-0.2, -0.15) is 5.10 Å². The smallest absolute Gasteiger partial charge is 0.240 e. The minimum Gasteiger partial charge on any atom is -0.392 e. The number of aromatic nitrogens is 3. The van der Waals surface area contributed by atoms with Crippen molar-refractivity contribution in [3.8, 4) is 11.4 Å². The number of nitrogens with one attached hydrogen (secondary N) is 2. The first-order valence-corrected chi connectivity index (χ1v) is 9.47. The number of amides is 1. The highest BCUT2D eigenvalue weighted by molar-refractivity contribution is 7.71. The molecule has 0 saturated heterocycles. The lowest BCUT2D eigenvalue weighted by atomic mass is 9.73. The summed E-state index contributed by atoms with van der Waals surface area (Å²) in [5.74, 6) is 0.521. The molecule has 3 N–H and O–H groups in total. The molecule has 1 heterocycles. The van der Waals surface area contributed by atoms with Gasteiger partial charge in [0.15, 0.2) is 10.6 Å². The Morgan fingerprint density at radius 1 is 1.50 bits per heavy atom. The minimum atomic E-state index is -0.365. The number of hydrogen-bond donors (Lipinski definition) is 3. The molecule has 1 fully saturated rings. The number of rotatable bonds is 5.